The van der Waals surface area contributed by atoms with Crippen LogP contribution in [-0.4, -0.2) is 26.3 Å². The van der Waals surface area contributed by atoms with Crippen molar-refractivity contribution in [1.29, 1.82) is 0 Å². The van der Waals surface area contributed by atoms with Gasteiger partial charge in [0.2, 0.25) is 0 Å². The van der Waals surface area contributed by atoms with E-state index in [0.29, 0.717) is 0 Å². The van der Waals surface area contributed by atoms with Gasteiger partial charge in [0.05, 0.1) is 6.61 Å². The Morgan fingerprint density at radius 2 is 1.65 bits per heavy atom. The molecule has 0 aromatic rings. The lowest BCUT2D eigenvalue weighted by Crippen LogP contribution is -2.21. The zero-order valence-corrected chi connectivity index (χ0v) is 11.7. The summed E-state index contributed by atoms with van der Waals surface area (Å²) in [5.74, 6) is 0.901. The van der Waals surface area contributed by atoms with Crippen molar-refractivity contribution in [3.05, 3.63) is 0 Å². The van der Waals surface area contributed by atoms with Crippen LogP contribution in [0.2, 0.25) is 0 Å². The fraction of sp³-hybridized carbons (Fsp3) is 1.00. The van der Waals surface area contributed by atoms with Gasteiger partial charge < -0.3 is 10.1 Å². The smallest absolute Gasteiger partial charge is 0.0591 e. The Bertz CT molecular complexity index is 157. The van der Waals surface area contributed by atoms with Crippen LogP contribution >= 0.6 is 0 Å². The Kier molecular flexibility index (Phi) is 9.72. The monoisotopic (exact) mass is 241 g/mol. The van der Waals surface area contributed by atoms with Crippen LogP contribution in [0.3, 0.4) is 0 Å². The first-order chi connectivity index (χ1) is 8.43. The summed E-state index contributed by atoms with van der Waals surface area (Å²) in [6, 6.07) is 0. The fourth-order valence-corrected chi connectivity index (χ4v) is 2.01. The predicted molar refractivity (Wildman–Crippen MR) is 74.4 cm³/mol. The van der Waals surface area contributed by atoms with Crippen LogP contribution in [0.4, 0.5) is 0 Å². The molecule has 17 heavy (non-hydrogen) atoms. The molecule has 1 fully saturated rings. The molecule has 0 spiro atoms. The van der Waals surface area contributed by atoms with Gasteiger partial charge in [0.1, 0.15) is 0 Å². The van der Waals surface area contributed by atoms with E-state index in [4.69, 9.17) is 4.74 Å². The van der Waals surface area contributed by atoms with Crippen molar-refractivity contribution in [3.8, 4) is 0 Å². The molecule has 0 aliphatic heterocycles. The zero-order chi connectivity index (χ0) is 12.2. The van der Waals surface area contributed by atoms with Gasteiger partial charge in [-0.1, -0.05) is 45.4 Å². The highest BCUT2D eigenvalue weighted by Crippen LogP contribution is 2.28. The van der Waals surface area contributed by atoms with Crippen LogP contribution < -0.4 is 5.32 Å². The summed E-state index contributed by atoms with van der Waals surface area (Å²) in [6.07, 6.45) is 12.5. The molecule has 2 nitrogen and oxygen atoms in total. The normalized spacial score (nSPS) is 15.4. The summed E-state index contributed by atoms with van der Waals surface area (Å²) in [5.41, 5.74) is 0. The number of rotatable bonds is 13. The van der Waals surface area contributed by atoms with Gasteiger partial charge in [-0.25, -0.2) is 0 Å². The van der Waals surface area contributed by atoms with Gasteiger partial charge in [-0.05, 0) is 31.7 Å². The minimum Gasteiger partial charge on any atom is -0.380 e. The Hall–Kier alpha value is -0.0800. The second-order valence-electron chi connectivity index (χ2n) is 5.39. The lowest BCUT2D eigenvalue weighted by atomic mass is 10.1. The average Bonchev–Trinajstić information content (AvgIpc) is 3.15. The molecule has 1 saturated carbocycles. The van der Waals surface area contributed by atoms with Crippen molar-refractivity contribution in [1.82, 2.24) is 5.32 Å². The van der Waals surface area contributed by atoms with E-state index in [1.54, 1.807) is 0 Å². The number of unbranched alkanes of at least 4 members (excludes halogenated alkanes) is 6. The molecule has 2 heteroatoms. The summed E-state index contributed by atoms with van der Waals surface area (Å²) in [6.45, 7) is 6.37. The third kappa shape index (κ3) is 10.8. The molecule has 0 bridgehead atoms. The lowest BCUT2D eigenvalue weighted by Gasteiger charge is -2.05. The molecule has 0 saturated heterocycles. The van der Waals surface area contributed by atoms with Crippen molar-refractivity contribution < 1.29 is 4.74 Å². The van der Waals surface area contributed by atoms with Crippen molar-refractivity contribution >= 4 is 0 Å². The van der Waals surface area contributed by atoms with E-state index in [-0.39, 0.29) is 0 Å². The molecule has 1 rings (SSSR count). The molecule has 0 aromatic heterocycles. The van der Waals surface area contributed by atoms with Gasteiger partial charge in [-0.3, -0.25) is 0 Å². The van der Waals surface area contributed by atoms with E-state index >= 15 is 0 Å². The summed E-state index contributed by atoms with van der Waals surface area (Å²) in [7, 11) is 0. The number of hydrogen-bond acceptors (Lipinski definition) is 2. The maximum Gasteiger partial charge on any atom is 0.0591 e. The molecule has 0 aromatic carbocycles. The molecule has 1 aliphatic carbocycles. The highest BCUT2D eigenvalue weighted by Gasteiger charge is 2.20. The van der Waals surface area contributed by atoms with E-state index in [1.165, 1.54) is 64.3 Å². The highest BCUT2D eigenvalue weighted by atomic mass is 16.5. The molecule has 0 radical (unpaired) electrons. The van der Waals surface area contributed by atoms with Crippen LogP contribution in [0.5, 0.6) is 0 Å². The minimum absolute atomic E-state index is 0.896. The number of nitrogens with one attached hydrogen (secondary N) is 1. The Morgan fingerprint density at radius 3 is 2.35 bits per heavy atom. The molecular weight excluding hydrogens is 210 g/mol. The second kappa shape index (κ2) is 11.0. The van der Waals surface area contributed by atoms with E-state index in [2.05, 4.69) is 12.2 Å². The number of ether oxygens (including phenoxy) is 1. The van der Waals surface area contributed by atoms with Gasteiger partial charge in [-0.15, -0.1) is 0 Å². The topological polar surface area (TPSA) is 21.3 Å². The van der Waals surface area contributed by atoms with Gasteiger partial charge in [-0.2, -0.15) is 0 Å². The van der Waals surface area contributed by atoms with Crippen LogP contribution in [0.1, 0.15) is 64.7 Å². The summed E-state index contributed by atoms with van der Waals surface area (Å²) in [5, 5.41) is 3.46. The van der Waals surface area contributed by atoms with Crippen molar-refractivity contribution in [2.24, 2.45) is 5.92 Å². The maximum absolute atomic E-state index is 5.57. The van der Waals surface area contributed by atoms with E-state index in [1.807, 2.05) is 0 Å². The first kappa shape index (κ1) is 15.0. The molecule has 0 heterocycles. The van der Waals surface area contributed by atoms with Crippen LogP contribution in [0.25, 0.3) is 0 Å². The molecule has 1 aliphatic rings. The average molecular weight is 241 g/mol. The molecule has 102 valence electrons. The van der Waals surface area contributed by atoms with Crippen LogP contribution in [0, 0.1) is 5.92 Å². The van der Waals surface area contributed by atoms with Gasteiger partial charge in [0, 0.05) is 13.2 Å². The highest BCUT2D eigenvalue weighted by molar-refractivity contribution is 4.71. The largest absolute Gasteiger partial charge is 0.380 e. The molecule has 0 atom stereocenters. The van der Waals surface area contributed by atoms with Crippen LogP contribution in [0.15, 0.2) is 0 Å². The minimum atomic E-state index is 0.896. The van der Waals surface area contributed by atoms with Crippen LogP contribution in [-0.2, 0) is 4.74 Å². The molecule has 1 N–H and O–H groups in total. The lowest BCUT2D eigenvalue weighted by molar-refractivity contribution is 0.126. The first-order valence-electron chi connectivity index (χ1n) is 7.72. The summed E-state index contributed by atoms with van der Waals surface area (Å²) < 4.78 is 5.57. The maximum atomic E-state index is 5.57. The van der Waals surface area contributed by atoms with Crippen molar-refractivity contribution in [3.63, 3.8) is 0 Å². The quantitative estimate of drug-likeness (QED) is 0.496. The molecule has 0 unspecified atom stereocenters. The van der Waals surface area contributed by atoms with Gasteiger partial charge >= 0.3 is 0 Å². The third-order valence-corrected chi connectivity index (χ3v) is 3.43. The van der Waals surface area contributed by atoms with Gasteiger partial charge in [0.15, 0.2) is 0 Å². The van der Waals surface area contributed by atoms with E-state index in [9.17, 15) is 0 Å². The predicted octanol–water partition coefficient (Wildman–Crippen LogP) is 3.75. The van der Waals surface area contributed by atoms with Crippen molar-refractivity contribution in [2.45, 2.75) is 64.7 Å². The van der Waals surface area contributed by atoms with Crippen molar-refractivity contribution in [2.75, 3.05) is 26.3 Å². The standard InChI is InChI=1S/C15H31NO/c1-2-3-4-5-6-7-8-11-16-12-13-17-14-15-9-10-15/h15-16H,2-14H2,1H3. The van der Waals surface area contributed by atoms with Gasteiger partial charge in [0.25, 0.3) is 0 Å². The molecular formula is C15H31NO. The molecule has 0 amide bonds. The third-order valence-electron chi connectivity index (χ3n) is 3.43. The first-order valence-corrected chi connectivity index (χ1v) is 7.72. The zero-order valence-electron chi connectivity index (χ0n) is 11.7. The van der Waals surface area contributed by atoms with E-state index in [0.717, 1.165) is 25.7 Å². The fourth-order valence-electron chi connectivity index (χ4n) is 2.01. The Morgan fingerprint density at radius 1 is 0.941 bits per heavy atom. The second-order valence-corrected chi connectivity index (χ2v) is 5.39. The number of hydrogen-bond donors (Lipinski definition) is 1. The van der Waals surface area contributed by atoms with E-state index < -0.39 is 0 Å². The Labute approximate surface area is 108 Å². The summed E-state index contributed by atoms with van der Waals surface area (Å²) in [4.78, 5) is 0. The SMILES string of the molecule is CCCCCCCCCNCCOCC1CC1. The summed E-state index contributed by atoms with van der Waals surface area (Å²) >= 11 is 0. The Balaban J connectivity index is 1.61.